The zero-order valence-electron chi connectivity index (χ0n) is 7.91. The number of carbonyl (C=O) groups excluding carboxylic acids is 1. The maximum atomic E-state index is 10.1. The van der Waals surface area contributed by atoms with Crippen LogP contribution >= 0.6 is 0 Å². The van der Waals surface area contributed by atoms with Gasteiger partial charge in [0, 0.05) is 39.3 Å². The van der Waals surface area contributed by atoms with E-state index < -0.39 is 0 Å². The van der Waals surface area contributed by atoms with Gasteiger partial charge in [-0.3, -0.25) is 9.69 Å². The van der Waals surface area contributed by atoms with Gasteiger partial charge in [0.1, 0.15) is 0 Å². The van der Waals surface area contributed by atoms with E-state index in [0.29, 0.717) is 6.54 Å². The molecule has 1 heterocycles. The first-order valence-corrected chi connectivity index (χ1v) is 4.77. The summed E-state index contributed by atoms with van der Waals surface area (Å²) < 4.78 is 0. The van der Waals surface area contributed by atoms with Crippen LogP contribution in [-0.2, 0) is 4.79 Å². The van der Waals surface area contributed by atoms with Gasteiger partial charge < -0.3 is 10.0 Å². The lowest BCUT2D eigenvalue weighted by atomic mass is 10.3. The van der Waals surface area contributed by atoms with Crippen LogP contribution in [0.2, 0.25) is 0 Å². The Kier molecular flexibility index (Phi) is 4.97. The summed E-state index contributed by atoms with van der Waals surface area (Å²) in [5.41, 5.74) is 0. The minimum absolute atomic E-state index is 0.266. The summed E-state index contributed by atoms with van der Waals surface area (Å²) in [5, 5.41) is 8.64. The summed E-state index contributed by atoms with van der Waals surface area (Å²) in [6, 6.07) is 0. The van der Waals surface area contributed by atoms with Gasteiger partial charge in [0.2, 0.25) is 6.29 Å². The molecule has 0 aliphatic carbocycles. The van der Waals surface area contributed by atoms with Crippen LogP contribution in [0.25, 0.3) is 0 Å². The Morgan fingerprint density at radius 2 is 1.77 bits per heavy atom. The van der Waals surface area contributed by atoms with Gasteiger partial charge in [0.15, 0.2) is 0 Å². The Bertz CT molecular complexity index is 145. The SMILES string of the molecule is O=[C]CN1CCN(CCCO)CC1. The molecule has 0 aromatic heterocycles. The van der Waals surface area contributed by atoms with Crippen molar-refractivity contribution in [1.82, 2.24) is 9.80 Å². The van der Waals surface area contributed by atoms with Gasteiger partial charge in [-0.05, 0) is 6.42 Å². The first-order chi connectivity index (χ1) is 6.36. The molecule has 1 radical (unpaired) electrons. The molecule has 0 aromatic rings. The highest BCUT2D eigenvalue weighted by atomic mass is 16.3. The summed E-state index contributed by atoms with van der Waals surface area (Å²) in [5.74, 6) is 0. The van der Waals surface area contributed by atoms with Crippen LogP contribution in [0.3, 0.4) is 0 Å². The third kappa shape index (κ3) is 3.85. The predicted octanol–water partition coefficient (Wildman–Crippen LogP) is -0.904. The molecular weight excluding hydrogens is 168 g/mol. The second-order valence-electron chi connectivity index (χ2n) is 3.34. The molecule has 0 spiro atoms. The first kappa shape index (κ1) is 10.6. The van der Waals surface area contributed by atoms with Crippen LogP contribution in [0.4, 0.5) is 0 Å². The van der Waals surface area contributed by atoms with Crippen molar-refractivity contribution < 1.29 is 9.90 Å². The van der Waals surface area contributed by atoms with Crippen LogP contribution in [0.15, 0.2) is 0 Å². The highest BCUT2D eigenvalue weighted by molar-refractivity contribution is 5.53. The minimum Gasteiger partial charge on any atom is -0.396 e. The molecule has 1 rings (SSSR count). The van der Waals surface area contributed by atoms with Gasteiger partial charge in [0.25, 0.3) is 0 Å². The van der Waals surface area contributed by atoms with Crippen molar-refractivity contribution >= 4 is 6.29 Å². The molecule has 1 fully saturated rings. The lowest BCUT2D eigenvalue weighted by Crippen LogP contribution is -2.47. The van der Waals surface area contributed by atoms with E-state index in [9.17, 15) is 4.79 Å². The second-order valence-corrected chi connectivity index (χ2v) is 3.34. The number of hydrogen-bond donors (Lipinski definition) is 1. The minimum atomic E-state index is 0.266. The topological polar surface area (TPSA) is 43.8 Å². The molecule has 0 unspecified atom stereocenters. The van der Waals surface area contributed by atoms with Crippen molar-refractivity contribution in [2.24, 2.45) is 0 Å². The van der Waals surface area contributed by atoms with Crippen LogP contribution < -0.4 is 0 Å². The number of piperazine rings is 1. The van der Waals surface area contributed by atoms with Gasteiger partial charge in [-0.15, -0.1) is 0 Å². The molecule has 1 aliphatic heterocycles. The summed E-state index contributed by atoms with van der Waals surface area (Å²) in [6.45, 7) is 5.57. The molecule has 1 N–H and O–H groups in total. The van der Waals surface area contributed by atoms with Gasteiger partial charge in [0.05, 0.1) is 6.54 Å². The molecule has 13 heavy (non-hydrogen) atoms. The van der Waals surface area contributed by atoms with E-state index in [1.165, 1.54) is 0 Å². The highest BCUT2D eigenvalue weighted by Crippen LogP contribution is 2.00. The molecule has 0 bridgehead atoms. The van der Waals surface area contributed by atoms with Gasteiger partial charge >= 0.3 is 0 Å². The third-order valence-electron chi connectivity index (χ3n) is 2.39. The molecule has 75 valence electrons. The van der Waals surface area contributed by atoms with Crippen molar-refractivity contribution in [3.05, 3.63) is 0 Å². The molecule has 0 amide bonds. The van der Waals surface area contributed by atoms with Crippen LogP contribution in [0, 0.1) is 0 Å². The maximum Gasteiger partial charge on any atom is 0.213 e. The van der Waals surface area contributed by atoms with E-state index in [1.807, 2.05) is 6.29 Å². The zero-order chi connectivity index (χ0) is 9.52. The number of rotatable bonds is 5. The van der Waals surface area contributed by atoms with Gasteiger partial charge in [-0.2, -0.15) is 0 Å². The van der Waals surface area contributed by atoms with Crippen molar-refractivity contribution in [2.45, 2.75) is 6.42 Å². The van der Waals surface area contributed by atoms with Gasteiger partial charge in [-0.1, -0.05) is 0 Å². The first-order valence-electron chi connectivity index (χ1n) is 4.77. The van der Waals surface area contributed by atoms with E-state index >= 15 is 0 Å². The number of aliphatic hydroxyl groups is 1. The Hall–Kier alpha value is -0.450. The average molecular weight is 185 g/mol. The number of nitrogens with zero attached hydrogens (tertiary/aromatic N) is 2. The molecule has 1 saturated heterocycles. The number of hydrogen-bond acceptors (Lipinski definition) is 4. The largest absolute Gasteiger partial charge is 0.396 e. The van der Waals surface area contributed by atoms with E-state index in [1.54, 1.807) is 0 Å². The molecule has 0 saturated carbocycles. The summed E-state index contributed by atoms with van der Waals surface area (Å²) in [6.07, 6.45) is 2.76. The molecule has 0 atom stereocenters. The third-order valence-corrected chi connectivity index (χ3v) is 2.39. The standard InChI is InChI=1S/C9H17N2O2/c12-8-1-2-10-3-5-11(6-4-10)7-9-13/h12H,1-8H2. The predicted molar refractivity (Wildman–Crippen MR) is 50.3 cm³/mol. The highest BCUT2D eigenvalue weighted by Gasteiger charge is 2.15. The van der Waals surface area contributed by atoms with E-state index in [4.69, 9.17) is 5.11 Å². The normalized spacial score (nSPS) is 20.4. The zero-order valence-corrected chi connectivity index (χ0v) is 7.91. The quantitative estimate of drug-likeness (QED) is 0.602. The monoisotopic (exact) mass is 185 g/mol. The summed E-state index contributed by atoms with van der Waals surface area (Å²) in [7, 11) is 0. The maximum absolute atomic E-state index is 10.1. The van der Waals surface area contributed by atoms with Crippen molar-refractivity contribution in [2.75, 3.05) is 45.9 Å². The fourth-order valence-corrected chi connectivity index (χ4v) is 1.56. The van der Waals surface area contributed by atoms with E-state index in [2.05, 4.69) is 9.80 Å². The lowest BCUT2D eigenvalue weighted by molar-refractivity contribution is 0.135. The van der Waals surface area contributed by atoms with Crippen molar-refractivity contribution in [3.63, 3.8) is 0 Å². The molecule has 4 nitrogen and oxygen atoms in total. The fourth-order valence-electron chi connectivity index (χ4n) is 1.56. The summed E-state index contributed by atoms with van der Waals surface area (Å²) >= 11 is 0. The van der Waals surface area contributed by atoms with Gasteiger partial charge in [-0.25, -0.2) is 0 Å². The van der Waals surface area contributed by atoms with Crippen LogP contribution in [0.5, 0.6) is 0 Å². The van der Waals surface area contributed by atoms with Crippen LogP contribution in [-0.4, -0.2) is 67.1 Å². The molecule has 1 aliphatic rings. The lowest BCUT2D eigenvalue weighted by Gasteiger charge is -2.33. The Labute approximate surface area is 79.1 Å². The second kappa shape index (κ2) is 6.07. The Balaban J connectivity index is 2.11. The molecule has 4 heteroatoms. The molecule has 0 aromatic carbocycles. The van der Waals surface area contributed by atoms with E-state index in [-0.39, 0.29) is 6.61 Å². The number of aliphatic hydroxyl groups excluding tert-OH is 1. The van der Waals surface area contributed by atoms with Crippen LogP contribution in [0.1, 0.15) is 6.42 Å². The average Bonchev–Trinajstić information content (AvgIpc) is 2.17. The Morgan fingerprint density at radius 3 is 2.31 bits per heavy atom. The van der Waals surface area contributed by atoms with Crippen molar-refractivity contribution in [3.8, 4) is 0 Å². The fraction of sp³-hybridized carbons (Fsp3) is 0.889. The van der Waals surface area contributed by atoms with Crippen molar-refractivity contribution in [1.29, 1.82) is 0 Å². The summed E-state index contributed by atoms with van der Waals surface area (Å²) in [4.78, 5) is 14.5. The Morgan fingerprint density at radius 1 is 1.15 bits per heavy atom. The van der Waals surface area contributed by atoms with E-state index in [0.717, 1.165) is 39.1 Å². The smallest absolute Gasteiger partial charge is 0.213 e. The molecular formula is C9H17N2O2.